The molecule has 1 aliphatic heterocycles. The molecule has 1 aliphatic rings. The topological polar surface area (TPSA) is 48.3 Å². The zero-order valence-electron chi connectivity index (χ0n) is 15.1. The van der Waals surface area contributed by atoms with Crippen molar-refractivity contribution < 1.29 is 9.47 Å². The summed E-state index contributed by atoms with van der Waals surface area (Å²) in [4.78, 5) is 0. The highest BCUT2D eigenvalue weighted by Crippen LogP contribution is 2.28. The molecule has 1 atom stereocenters. The summed E-state index contributed by atoms with van der Waals surface area (Å²) in [6.07, 6.45) is 2.44. The predicted octanol–water partition coefficient (Wildman–Crippen LogP) is 3.52. The third-order valence-corrected chi connectivity index (χ3v) is 4.70. The zero-order chi connectivity index (χ0) is 17.1. The predicted molar refractivity (Wildman–Crippen MR) is 95.7 cm³/mol. The van der Waals surface area contributed by atoms with E-state index in [4.69, 9.17) is 9.47 Å². The molecule has 130 valence electrons. The van der Waals surface area contributed by atoms with Crippen LogP contribution in [0.2, 0.25) is 0 Å². The number of aromatic nitrogens is 2. The number of ether oxygens (including phenoxy) is 2. The van der Waals surface area contributed by atoms with Gasteiger partial charge in [0.25, 0.3) is 0 Å². The number of hydrogen-bond donors (Lipinski definition) is 1. The van der Waals surface area contributed by atoms with E-state index in [0.717, 1.165) is 43.1 Å². The van der Waals surface area contributed by atoms with Crippen LogP contribution in [-0.2, 0) is 18.3 Å². The summed E-state index contributed by atoms with van der Waals surface area (Å²) in [5.41, 5.74) is 5.70. The lowest BCUT2D eigenvalue weighted by Crippen LogP contribution is -2.17. The van der Waals surface area contributed by atoms with Crippen molar-refractivity contribution in [2.24, 2.45) is 7.05 Å². The maximum Gasteiger partial charge on any atom is 0.142 e. The highest BCUT2D eigenvalue weighted by molar-refractivity contribution is 5.58. The highest BCUT2D eigenvalue weighted by Gasteiger charge is 2.17. The van der Waals surface area contributed by atoms with Crippen LogP contribution in [0.5, 0.6) is 5.75 Å². The average Bonchev–Trinajstić information content (AvgIpc) is 3.15. The maximum absolute atomic E-state index is 6.05. The smallest absolute Gasteiger partial charge is 0.142 e. The summed E-state index contributed by atoms with van der Waals surface area (Å²) >= 11 is 0. The molecule has 0 bridgehead atoms. The molecule has 1 aromatic carbocycles. The molecule has 3 rings (SSSR count). The molecule has 0 radical (unpaired) electrons. The average molecular weight is 329 g/mol. The fourth-order valence-corrected chi connectivity index (χ4v) is 3.11. The Hall–Kier alpha value is -2.01. The van der Waals surface area contributed by atoms with Gasteiger partial charge in [-0.1, -0.05) is 6.07 Å². The molecule has 0 aliphatic carbocycles. The molecule has 0 saturated carbocycles. The second-order valence-electron chi connectivity index (χ2n) is 6.57. The van der Waals surface area contributed by atoms with Crippen molar-refractivity contribution in [2.75, 3.05) is 18.5 Å². The molecule has 2 heterocycles. The van der Waals surface area contributed by atoms with Gasteiger partial charge in [0.1, 0.15) is 12.4 Å². The number of nitrogens with one attached hydrogen (secondary N) is 1. The van der Waals surface area contributed by atoms with E-state index < -0.39 is 0 Å². The second kappa shape index (κ2) is 7.26. The van der Waals surface area contributed by atoms with Crippen LogP contribution < -0.4 is 10.1 Å². The highest BCUT2D eigenvalue weighted by atomic mass is 16.5. The number of aryl methyl sites for hydroxylation is 3. The SMILES string of the molecule is Cc1ccc(NCc2c(C)nn(C)c2C)c(OC[C@@H]2CCCO2)c1. The number of anilines is 1. The minimum atomic E-state index is 0.223. The fraction of sp³-hybridized carbons (Fsp3) is 0.526. The van der Waals surface area contributed by atoms with Crippen LogP contribution in [0.25, 0.3) is 0 Å². The number of benzene rings is 1. The molecular formula is C19H27N3O2. The van der Waals surface area contributed by atoms with Crippen molar-refractivity contribution in [1.29, 1.82) is 0 Å². The summed E-state index contributed by atoms with van der Waals surface area (Å²) in [6.45, 7) is 8.44. The van der Waals surface area contributed by atoms with Crippen LogP contribution in [0.4, 0.5) is 5.69 Å². The van der Waals surface area contributed by atoms with Gasteiger partial charge in [-0.25, -0.2) is 0 Å². The molecule has 0 spiro atoms. The van der Waals surface area contributed by atoms with Gasteiger partial charge in [-0.05, 0) is 51.3 Å². The van der Waals surface area contributed by atoms with E-state index in [2.05, 4.69) is 42.5 Å². The largest absolute Gasteiger partial charge is 0.489 e. The summed E-state index contributed by atoms with van der Waals surface area (Å²) < 4.78 is 13.6. The van der Waals surface area contributed by atoms with E-state index in [1.54, 1.807) is 0 Å². The molecule has 1 fully saturated rings. The molecule has 1 N–H and O–H groups in total. The van der Waals surface area contributed by atoms with Crippen molar-refractivity contribution in [2.45, 2.75) is 46.3 Å². The maximum atomic E-state index is 6.05. The first-order valence-corrected chi connectivity index (χ1v) is 8.62. The van der Waals surface area contributed by atoms with E-state index >= 15 is 0 Å². The van der Waals surface area contributed by atoms with Crippen molar-refractivity contribution in [3.63, 3.8) is 0 Å². The van der Waals surface area contributed by atoms with E-state index in [0.29, 0.717) is 6.61 Å². The first-order chi connectivity index (χ1) is 11.5. The number of rotatable bonds is 6. The van der Waals surface area contributed by atoms with Crippen LogP contribution in [0, 0.1) is 20.8 Å². The van der Waals surface area contributed by atoms with Gasteiger partial charge in [0.15, 0.2) is 0 Å². The summed E-state index contributed by atoms with van der Waals surface area (Å²) in [5, 5.41) is 7.98. The van der Waals surface area contributed by atoms with E-state index in [9.17, 15) is 0 Å². The Kier molecular flexibility index (Phi) is 5.09. The molecule has 2 aromatic rings. The van der Waals surface area contributed by atoms with Gasteiger partial charge in [-0.3, -0.25) is 4.68 Å². The van der Waals surface area contributed by atoms with Gasteiger partial charge in [0.2, 0.25) is 0 Å². The van der Waals surface area contributed by atoms with Gasteiger partial charge in [0.05, 0.1) is 17.5 Å². The molecule has 1 saturated heterocycles. The Balaban J connectivity index is 1.70. The number of nitrogens with zero attached hydrogens (tertiary/aromatic N) is 2. The monoisotopic (exact) mass is 329 g/mol. The lowest BCUT2D eigenvalue weighted by Gasteiger charge is -2.16. The lowest BCUT2D eigenvalue weighted by molar-refractivity contribution is 0.0682. The van der Waals surface area contributed by atoms with Gasteiger partial charge >= 0.3 is 0 Å². The standard InChI is InChI=1S/C19H27N3O2/c1-13-7-8-18(19(10-13)24-12-16-6-5-9-23-16)20-11-17-14(2)21-22(4)15(17)3/h7-8,10,16,20H,5-6,9,11-12H2,1-4H3/t16-/m0/s1. The molecule has 0 unspecified atom stereocenters. The van der Waals surface area contributed by atoms with Crippen molar-refractivity contribution in [1.82, 2.24) is 9.78 Å². The molecule has 1 aromatic heterocycles. The number of hydrogen-bond acceptors (Lipinski definition) is 4. The fourth-order valence-electron chi connectivity index (χ4n) is 3.11. The quantitative estimate of drug-likeness (QED) is 0.881. The third-order valence-electron chi connectivity index (χ3n) is 4.70. The van der Waals surface area contributed by atoms with E-state index in [-0.39, 0.29) is 6.10 Å². The van der Waals surface area contributed by atoms with E-state index in [1.807, 2.05) is 18.7 Å². The van der Waals surface area contributed by atoms with Crippen LogP contribution in [-0.4, -0.2) is 29.1 Å². The Labute approximate surface area is 144 Å². The van der Waals surface area contributed by atoms with Gasteiger partial charge in [0, 0.05) is 31.5 Å². The second-order valence-corrected chi connectivity index (χ2v) is 6.57. The van der Waals surface area contributed by atoms with Crippen LogP contribution >= 0.6 is 0 Å². The van der Waals surface area contributed by atoms with Crippen molar-refractivity contribution in [3.05, 3.63) is 40.7 Å². The van der Waals surface area contributed by atoms with Gasteiger partial charge < -0.3 is 14.8 Å². The minimum absolute atomic E-state index is 0.223. The van der Waals surface area contributed by atoms with Crippen LogP contribution in [0.3, 0.4) is 0 Å². The normalized spacial score (nSPS) is 17.2. The van der Waals surface area contributed by atoms with Crippen molar-refractivity contribution >= 4 is 5.69 Å². The molecule has 0 amide bonds. The Morgan fingerprint density at radius 1 is 1.33 bits per heavy atom. The Morgan fingerprint density at radius 3 is 2.83 bits per heavy atom. The molecule has 24 heavy (non-hydrogen) atoms. The molecule has 5 heteroatoms. The minimum Gasteiger partial charge on any atom is -0.489 e. The van der Waals surface area contributed by atoms with Crippen LogP contribution in [0.15, 0.2) is 18.2 Å². The third kappa shape index (κ3) is 3.73. The molecule has 5 nitrogen and oxygen atoms in total. The Morgan fingerprint density at radius 2 is 2.17 bits per heavy atom. The van der Waals surface area contributed by atoms with Crippen molar-refractivity contribution in [3.8, 4) is 5.75 Å². The van der Waals surface area contributed by atoms with E-state index in [1.165, 1.54) is 16.8 Å². The summed E-state index contributed by atoms with van der Waals surface area (Å²) in [6, 6.07) is 6.27. The first-order valence-electron chi connectivity index (χ1n) is 8.62. The Bertz CT molecular complexity index is 703. The summed E-state index contributed by atoms with van der Waals surface area (Å²) in [7, 11) is 1.98. The first kappa shape index (κ1) is 16.8. The summed E-state index contributed by atoms with van der Waals surface area (Å²) in [5.74, 6) is 0.893. The molecular weight excluding hydrogens is 302 g/mol. The zero-order valence-corrected chi connectivity index (χ0v) is 15.1. The van der Waals surface area contributed by atoms with Crippen LogP contribution in [0.1, 0.15) is 35.4 Å². The van der Waals surface area contributed by atoms with Gasteiger partial charge in [-0.15, -0.1) is 0 Å². The van der Waals surface area contributed by atoms with Gasteiger partial charge in [-0.2, -0.15) is 5.10 Å². The lowest BCUT2D eigenvalue weighted by atomic mass is 10.1.